The summed E-state index contributed by atoms with van der Waals surface area (Å²) < 4.78 is 57.0. The normalized spacial score (nSPS) is 19.7. The summed E-state index contributed by atoms with van der Waals surface area (Å²) in [7, 11) is -2.24. The van der Waals surface area contributed by atoms with Crippen molar-refractivity contribution in [3.05, 3.63) is 47.4 Å². The summed E-state index contributed by atoms with van der Waals surface area (Å²) in [6.07, 6.45) is 4.46. The first kappa shape index (κ1) is 31.6. The van der Waals surface area contributed by atoms with Crippen LogP contribution in [-0.2, 0) is 29.0 Å². The molecule has 1 aromatic heterocycles. The van der Waals surface area contributed by atoms with Crippen molar-refractivity contribution in [1.29, 1.82) is 0 Å². The fourth-order valence-electron chi connectivity index (χ4n) is 4.36. The number of halogens is 1. The molecule has 0 saturated carbocycles. The largest absolute Gasteiger partial charge is 0.460 e. The number of carbonyl (C=O) groups excluding carboxylic acids is 1. The van der Waals surface area contributed by atoms with E-state index in [4.69, 9.17) is 14.2 Å². The van der Waals surface area contributed by atoms with E-state index in [9.17, 15) is 17.6 Å². The van der Waals surface area contributed by atoms with Gasteiger partial charge >= 0.3 is 5.97 Å². The van der Waals surface area contributed by atoms with Gasteiger partial charge in [-0.05, 0) is 64.8 Å². The van der Waals surface area contributed by atoms with Gasteiger partial charge in [0.25, 0.3) is 0 Å². The molecule has 1 fully saturated rings. The third-order valence-corrected chi connectivity index (χ3v) is 7.24. The summed E-state index contributed by atoms with van der Waals surface area (Å²) in [5.74, 6) is -1.78. The molecule has 9 nitrogen and oxygen atoms in total. The molecule has 0 radical (unpaired) electrons. The van der Waals surface area contributed by atoms with Crippen LogP contribution in [0, 0.1) is 5.82 Å². The Balaban J connectivity index is 2.04. The molecule has 40 heavy (non-hydrogen) atoms. The number of benzene rings is 1. The lowest BCUT2D eigenvalue weighted by atomic mass is 9.97. The molecule has 3 rings (SSSR count). The van der Waals surface area contributed by atoms with Crippen LogP contribution in [0.2, 0.25) is 0 Å². The maximum absolute atomic E-state index is 13.8. The number of rotatable bonds is 8. The predicted molar refractivity (Wildman–Crippen MR) is 153 cm³/mol. The van der Waals surface area contributed by atoms with Crippen molar-refractivity contribution in [2.75, 3.05) is 17.6 Å². The predicted octanol–water partition coefficient (Wildman–Crippen LogP) is 5.46. The van der Waals surface area contributed by atoms with E-state index in [1.165, 1.54) is 19.2 Å². The van der Waals surface area contributed by atoms with Gasteiger partial charge in [0.05, 0.1) is 36.3 Å². The maximum atomic E-state index is 13.8. The highest BCUT2D eigenvalue weighted by Crippen LogP contribution is 2.34. The molecule has 220 valence electrons. The minimum Gasteiger partial charge on any atom is -0.460 e. The van der Waals surface area contributed by atoms with Crippen molar-refractivity contribution >= 4 is 28.0 Å². The second-order valence-electron chi connectivity index (χ2n) is 11.7. The molecule has 1 aromatic carbocycles. The first-order valence-electron chi connectivity index (χ1n) is 13.2. The molecule has 0 amide bonds. The Morgan fingerprint density at radius 3 is 2.38 bits per heavy atom. The van der Waals surface area contributed by atoms with Crippen LogP contribution < -0.4 is 4.31 Å². The fourth-order valence-corrected chi connectivity index (χ4v) is 4.74. The quantitative estimate of drug-likeness (QED) is 0.381. The highest BCUT2D eigenvalue weighted by Gasteiger charge is 2.36. The first-order valence-corrected chi connectivity index (χ1v) is 15.1. The van der Waals surface area contributed by atoms with Gasteiger partial charge in [-0.15, -0.1) is 0 Å². The minimum atomic E-state index is -3.63. The maximum Gasteiger partial charge on any atom is 0.308 e. The molecule has 11 heteroatoms. The summed E-state index contributed by atoms with van der Waals surface area (Å²) in [4.78, 5) is 21.7. The highest BCUT2D eigenvalue weighted by molar-refractivity contribution is 7.92. The molecule has 0 N–H and O–H groups in total. The van der Waals surface area contributed by atoms with Gasteiger partial charge in [-0.1, -0.05) is 26.0 Å². The van der Waals surface area contributed by atoms with Gasteiger partial charge in [-0.25, -0.2) is 27.1 Å². The molecule has 1 aliphatic heterocycles. The van der Waals surface area contributed by atoms with Crippen molar-refractivity contribution in [3.63, 3.8) is 0 Å². The zero-order valence-corrected chi connectivity index (χ0v) is 25.5. The van der Waals surface area contributed by atoms with Crippen molar-refractivity contribution in [2.45, 2.75) is 90.8 Å². The Morgan fingerprint density at radius 1 is 1.20 bits per heavy atom. The summed E-state index contributed by atoms with van der Waals surface area (Å²) >= 11 is 0. The van der Waals surface area contributed by atoms with E-state index in [0.29, 0.717) is 28.9 Å². The number of aromatic nitrogens is 2. The van der Waals surface area contributed by atoms with E-state index < -0.39 is 39.4 Å². The van der Waals surface area contributed by atoms with Gasteiger partial charge in [0.2, 0.25) is 16.0 Å². The second-order valence-corrected chi connectivity index (χ2v) is 13.8. The summed E-state index contributed by atoms with van der Waals surface area (Å²) in [6.45, 7) is 12.9. The molecular weight excluding hydrogens is 537 g/mol. The van der Waals surface area contributed by atoms with E-state index in [0.717, 1.165) is 10.6 Å². The monoisotopic (exact) mass is 577 g/mol. The minimum absolute atomic E-state index is 0.0172. The van der Waals surface area contributed by atoms with E-state index in [1.54, 1.807) is 26.0 Å². The van der Waals surface area contributed by atoms with Gasteiger partial charge in [-0.3, -0.25) is 4.79 Å². The summed E-state index contributed by atoms with van der Waals surface area (Å²) in [5.41, 5.74) is 1.73. The van der Waals surface area contributed by atoms with Crippen LogP contribution in [0.1, 0.15) is 78.5 Å². The van der Waals surface area contributed by atoms with E-state index >= 15 is 0 Å². The second kappa shape index (κ2) is 11.9. The topological polar surface area (TPSA) is 108 Å². The SMILES string of the molecule is CC(C)c1nc(N(C)S(C)(=O)=O)nc(-c2ccc(F)cc2)c1C=C[C@@H]1C[C@@H](CC(=O)OC(C)(C)C)OC(C)(C)O1. The lowest BCUT2D eigenvalue weighted by molar-refractivity contribution is -0.290. The van der Waals surface area contributed by atoms with Crippen LogP contribution in [0.5, 0.6) is 0 Å². The number of hydrogen-bond acceptors (Lipinski definition) is 8. The standard InChI is InChI=1S/C29H40FN3O6S/c1-18(2)25-23(15-14-21-16-22(38-29(6,7)37-21)17-24(34)39-28(3,4)5)26(19-10-12-20(30)13-11-19)32-27(31-25)33(8)40(9,35)36/h10-15,18,21-22H,16-17H2,1-9H3/t21-,22+/m1/s1. The molecule has 0 spiro atoms. The van der Waals surface area contributed by atoms with Gasteiger partial charge in [0.1, 0.15) is 11.4 Å². The molecule has 1 saturated heterocycles. The average Bonchev–Trinajstić information content (AvgIpc) is 2.79. The zero-order chi connectivity index (χ0) is 30.0. The summed E-state index contributed by atoms with van der Waals surface area (Å²) in [6, 6.07) is 5.83. The molecule has 2 atom stereocenters. The van der Waals surface area contributed by atoms with Crippen molar-refractivity contribution in [1.82, 2.24) is 9.97 Å². The Bertz CT molecular complexity index is 1350. The van der Waals surface area contributed by atoms with Crippen LogP contribution >= 0.6 is 0 Å². The van der Waals surface area contributed by atoms with Crippen molar-refractivity contribution in [3.8, 4) is 11.3 Å². The molecule has 1 aliphatic rings. The molecule has 2 heterocycles. The van der Waals surface area contributed by atoms with Crippen LogP contribution in [0.25, 0.3) is 17.3 Å². The first-order chi connectivity index (χ1) is 18.3. The van der Waals surface area contributed by atoms with Gasteiger partial charge in [-0.2, -0.15) is 0 Å². The van der Waals surface area contributed by atoms with E-state index in [-0.39, 0.29) is 24.3 Å². The summed E-state index contributed by atoms with van der Waals surface area (Å²) in [5, 5.41) is 0. The Hall–Kier alpha value is -2.89. The van der Waals surface area contributed by atoms with Gasteiger partial charge in [0, 0.05) is 24.6 Å². The smallest absolute Gasteiger partial charge is 0.308 e. The average molecular weight is 578 g/mol. The lowest BCUT2D eigenvalue weighted by Crippen LogP contribution is -2.45. The number of anilines is 1. The number of carbonyl (C=O) groups is 1. The Morgan fingerprint density at radius 2 is 1.82 bits per heavy atom. The fraction of sp³-hybridized carbons (Fsp3) is 0.552. The number of esters is 1. The molecule has 0 unspecified atom stereocenters. The Labute approximate surface area is 236 Å². The third kappa shape index (κ3) is 8.55. The molecule has 0 bridgehead atoms. The van der Waals surface area contributed by atoms with Crippen molar-refractivity contribution < 1.29 is 31.8 Å². The number of ether oxygens (including phenoxy) is 3. The van der Waals surface area contributed by atoms with E-state index in [1.807, 2.05) is 46.8 Å². The van der Waals surface area contributed by atoms with Crippen LogP contribution in [-0.4, -0.2) is 61.3 Å². The van der Waals surface area contributed by atoms with Gasteiger partial charge in [0.15, 0.2) is 5.79 Å². The third-order valence-electron chi connectivity index (χ3n) is 6.08. The number of sulfonamides is 1. The zero-order valence-electron chi connectivity index (χ0n) is 24.7. The van der Waals surface area contributed by atoms with Crippen molar-refractivity contribution in [2.24, 2.45) is 0 Å². The molecule has 0 aliphatic carbocycles. The number of nitrogens with zero attached hydrogens (tertiary/aromatic N) is 3. The van der Waals surface area contributed by atoms with Crippen LogP contribution in [0.15, 0.2) is 30.3 Å². The van der Waals surface area contributed by atoms with Crippen LogP contribution in [0.3, 0.4) is 0 Å². The lowest BCUT2D eigenvalue weighted by Gasteiger charge is -2.39. The molecular formula is C29H40FN3O6S. The van der Waals surface area contributed by atoms with E-state index in [2.05, 4.69) is 9.97 Å². The van der Waals surface area contributed by atoms with Crippen LogP contribution in [0.4, 0.5) is 10.3 Å². The molecule has 2 aromatic rings. The highest BCUT2D eigenvalue weighted by atomic mass is 32.2. The Kier molecular flexibility index (Phi) is 9.43. The number of hydrogen-bond donors (Lipinski definition) is 0. The van der Waals surface area contributed by atoms with Gasteiger partial charge < -0.3 is 14.2 Å².